The van der Waals surface area contributed by atoms with Gasteiger partial charge in [-0.05, 0) is 49.2 Å². The van der Waals surface area contributed by atoms with Crippen LogP contribution >= 0.6 is 11.6 Å². The lowest BCUT2D eigenvalue weighted by atomic mass is 9.81. The van der Waals surface area contributed by atoms with Crippen LogP contribution < -0.4 is 10.6 Å². The largest absolute Gasteiger partial charge is 0.378 e. The van der Waals surface area contributed by atoms with Gasteiger partial charge in [0.1, 0.15) is 5.69 Å². The minimum Gasteiger partial charge on any atom is -0.378 e. The maximum Gasteiger partial charge on any atom is 0.293 e. The molecule has 1 heterocycles. The number of imide groups is 1. The number of nitrogens with one attached hydrogen (secondary N) is 2. The van der Waals surface area contributed by atoms with Gasteiger partial charge in [0.2, 0.25) is 11.8 Å². The first-order chi connectivity index (χ1) is 15.8. The van der Waals surface area contributed by atoms with Crippen LogP contribution in [0, 0.1) is 22.0 Å². The van der Waals surface area contributed by atoms with Crippen LogP contribution in [-0.4, -0.2) is 40.6 Å². The van der Waals surface area contributed by atoms with Crippen LogP contribution in [0.2, 0.25) is 5.02 Å². The number of rotatable bonds is 7. The number of carbonyl (C=O) groups excluding carboxylic acids is 3. The summed E-state index contributed by atoms with van der Waals surface area (Å²) in [6.07, 6.45) is 3.39. The number of hydrogen-bond acceptors (Lipinski definition) is 6. The summed E-state index contributed by atoms with van der Waals surface area (Å²) in [5.41, 5.74) is 0.567. The third kappa shape index (κ3) is 4.83. The van der Waals surface area contributed by atoms with Gasteiger partial charge in [0.15, 0.2) is 0 Å². The normalized spacial score (nSPS) is 19.8. The Hall–Kier alpha value is -3.46. The molecular weight excluding hydrogens is 448 g/mol. The number of carbonyl (C=O) groups is 3. The maximum atomic E-state index is 12.6. The quantitative estimate of drug-likeness (QED) is 0.357. The Balaban J connectivity index is 1.41. The second-order valence-electron chi connectivity index (χ2n) is 8.20. The van der Waals surface area contributed by atoms with Gasteiger partial charge in [0, 0.05) is 35.4 Å². The number of benzene rings is 2. The molecule has 0 bridgehead atoms. The van der Waals surface area contributed by atoms with Crippen molar-refractivity contribution in [2.75, 3.05) is 23.7 Å². The number of hydrogen-bond donors (Lipinski definition) is 2. The van der Waals surface area contributed by atoms with E-state index in [1.165, 1.54) is 23.1 Å². The van der Waals surface area contributed by atoms with Crippen molar-refractivity contribution in [1.82, 2.24) is 4.90 Å². The van der Waals surface area contributed by atoms with E-state index >= 15 is 0 Å². The van der Waals surface area contributed by atoms with Crippen molar-refractivity contribution in [1.29, 1.82) is 0 Å². The first kappa shape index (κ1) is 22.7. The average Bonchev–Trinajstić information content (AvgIpc) is 3.05. The Labute approximate surface area is 195 Å². The molecule has 2 aliphatic rings. The molecule has 1 saturated carbocycles. The van der Waals surface area contributed by atoms with E-state index in [2.05, 4.69) is 10.6 Å². The third-order valence-electron chi connectivity index (χ3n) is 6.14. The van der Waals surface area contributed by atoms with E-state index in [1.807, 2.05) is 0 Å². The lowest BCUT2D eigenvalue weighted by Gasteiger charge is -2.19. The highest BCUT2D eigenvalue weighted by Gasteiger charge is 2.47. The van der Waals surface area contributed by atoms with Crippen LogP contribution in [0.3, 0.4) is 0 Å². The first-order valence-electron chi connectivity index (χ1n) is 10.8. The zero-order valence-corrected chi connectivity index (χ0v) is 18.5. The lowest BCUT2D eigenvalue weighted by Crippen LogP contribution is -2.35. The van der Waals surface area contributed by atoms with Gasteiger partial charge in [-0.3, -0.25) is 29.4 Å². The molecule has 2 atom stereocenters. The Morgan fingerprint density at radius 1 is 1.06 bits per heavy atom. The van der Waals surface area contributed by atoms with Crippen molar-refractivity contribution < 1.29 is 19.3 Å². The summed E-state index contributed by atoms with van der Waals surface area (Å²) in [7, 11) is 0. The second-order valence-corrected chi connectivity index (χ2v) is 8.64. The predicted molar refractivity (Wildman–Crippen MR) is 123 cm³/mol. The SMILES string of the molecule is O=C(Nc1ccc(Cl)cc1)c1ccc(NCCN2C(=O)[C@H]3CCCC[C@@H]3C2=O)c([N+](=O)[O-])c1. The van der Waals surface area contributed by atoms with Gasteiger partial charge in [-0.25, -0.2) is 0 Å². The molecule has 1 aliphatic carbocycles. The molecule has 2 fully saturated rings. The molecule has 1 saturated heterocycles. The second kappa shape index (κ2) is 9.58. The van der Waals surface area contributed by atoms with Crippen LogP contribution in [0.25, 0.3) is 0 Å². The highest BCUT2D eigenvalue weighted by Crippen LogP contribution is 2.38. The highest BCUT2D eigenvalue weighted by molar-refractivity contribution is 6.30. The van der Waals surface area contributed by atoms with E-state index in [0.717, 1.165) is 25.7 Å². The molecule has 0 spiro atoms. The van der Waals surface area contributed by atoms with E-state index in [-0.39, 0.29) is 53.7 Å². The van der Waals surface area contributed by atoms with Crippen molar-refractivity contribution in [3.63, 3.8) is 0 Å². The number of anilines is 2. The van der Waals surface area contributed by atoms with Crippen LogP contribution in [-0.2, 0) is 9.59 Å². The monoisotopic (exact) mass is 470 g/mol. The zero-order valence-electron chi connectivity index (χ0n) is 17.8. The fraction of sp³-hybridized carbons (Fsp3) is 0.348. The fourth-order valence-electron chi connectivity index (χ4n) is 4.46. The summed E-state index contributed by atoms with van der Waals surface area (Å²) in [5, 5.41) is 17.7. The highest BCUT2D eigenvalue weighted by atomic mass is 35.5. The average molecular weight is 471 g/mol. The molecule has 3 amide bonds. The molecule has 4 rings (SSSR count). The number of fused-ring (bicyclic) bond motifs is 1. The molecular formula is C23H23ClN4O5. The fourth-order valence-corrected chi connectivity index (χ4v) is 4.59. The minimum absolute atomic E-state index is 0.121. The molecule has 33 heavy (non-hydrogen) atoms. The number of nitro groups is 1. The van der Waals surface area contributed by atoms with Crippen LogP contribution in [0.1, 0.15) is 36.0 Å². The number of likely N-dealkylation sites (tertiary alicyclic amines) is 1. The molecule has 10 heteroatoms. The van der Waals surface area contributed by atoms with Crippen molar-refractivity contribution in [2.45, 2.75) is 25.7 Å². The Morgan fingerprint density at radius 2 is 1.70 bits per heavy atom. The molecule has 172 valence electrons. The predicted octanol–water partition coefficient (Wildman–Crippen LogP) is 4.09. The Morgan fingerprint density at radius 3 is 2.30 bits per heavy atom. The first-order valence-corrected chi connectivity index (χ1v) is 11.2. The topological polar surface area (TPSA) is 122 Å². The van der Waals surface area contributed by atoms with Gasteiger partial charge < -0.3 is 10.6 Å². The Bertz CT molecular complexity index is 1080. The molecule has 2 aromatic carbocycles. The summed E-state index contributed by atoms with van der Waals surface area (Å²) >= 11 is 5.83. The van der Waals surface area contributed by atoms with Gasteiger partial charge in [-0.15, -0.1) is 0 Å². The maximum absolute atomic E-state index is 12.6. The van der Waals surface area contributed by atoms with Gasteiger partial charge in [0.05, 0.1) is 16.8 Å². The van der Waals surface area contributed by atoms with E-state index in [0.29, 0.717) is 10.7 Å². The zero-order chi connectivity index (χ0) is 23.5. The minimum atomic E-state index is -0.581. The Kier molecular flexibility index (Phi) is 6.60. The summed E-state index contributed by atoms with van der Waals surface area (Å²) < 4.78 is 0. The summed E-state index contributed by atoms with van der Waals surface area (Å²) in [6, 6.07) is 10.6. The van der Waals surface area contributed by atoms with Crippen molar-refractivity contribution in [2.24, 2.45) is 11.8 Å². The number of nitrogens with zero attached hydrogens (tertiary/aromatic N) is 2. The van der Waals surface area contributed by atoms with Crippen molar-refractivity contribution in [3.05, 3.63) is 63.2 Å². The summed E-state index contributed by atoms with van der Waals surface area (Å²) in [6.45, 7) is 0.314. The third-order valence-corrected chi connectivity index (χ3v) is 6.39. The summed E-state index contributed by atoms with van der Waals surface area (Å²) in [5.74, 6) is -1.23. The van der Waals surface area contributed by atoms with Gasteiger partial charge in [0.25, 0.3) is 11.6 Å². The lowest BCUT2D eigenvalue weighted by molar-refractivity contribution is -0.384. The van der Waals surface area contributed by atoms with E-state index in [9.17, 15) is 24.5 Å². The molecule has 9 nitrogen and oxygen atoms in total. The number of halogens is 1. The van der Waals surface area contributed by atoms with Crippen LogP contribution in [0.15, 0.2) is 42.5 Å². The van der Waals surface area contributed by atoms with E-state index in [4.69, 9.17) is 11.6 Å². The van der Waals surface area contributed by atoms with Crippen LogP contribution in [0.4, 0.5) is 17.1 Å². The van der Waals surface area contributed by atoms with Gasteiger partial charge in [-0.2, -0.15) is 0 Å². The number of nitro benzene ring substituents is 1. The molecule has 0 unspecified atom stereocenters. The summed E-state index contributed by atoms with van der Waals surface area (Å²) in [4.78, 5) is 49.9. The van der Waals surface area contributed by atoms with Crippen molar-refractivity contribution >= 4 is 46.4 Å². The smallest absolute Gasteiger partial charge is 0.293 e. The van der Waals surface area contributed by atoms with Gasteiger partial charge in [-0.1, -0.05) is 24.4 Å². The van der Waals surface area contributed by atoms with Crippen LogP contribution in [0.5, 0.6) is 0 Å². The van der Waals surface area contributed by atoms with E-state index in [1.54, 1.807) is 24.3 Å². The molecule has 0 radical (unpaired) electrons. The molecule has 1 aliphatic heterocycles. The standard InChI is InChI=1S/C23H23ClN4O5/c24-15-6-8-16(9-7-15)26-21(29)14-5-10-19(20(13-14)28(32)33)25-11-12-27-22(30)17-3-1-2-4-18(17)23(27)31/h5-10,13,17-18,25H,1-4,11-12H2,(H,26,29)/t17-,18-/m0/s1. The molecule has 0 aromatic heterocycles. The van der Waals surface area contributed by atoms with Gasteiger partial charge >= 0.3 is 0 Å². The number of amides is 3. The van der Waals surface area contributed by atoms with Crippen molar-refractivity contribution in [3.8, 4) is 0 Å². The molecule has 2 aromatic rings. The van der Waals surface area contributed by atoms with E-state index < -0.39 is 10.8 Å². The molecule has 2 N–H and O–H groups in total.